The van der Waals surface area contributed by atoms with Crippen LogP contribution in [0.2, 0.25) is 0 Å². The molecule has 0 bridgehead atoms. The first-order chi connectivity index (χ1) is 5.65. The van der Waals surface area contributed by atoms with Crippen molar-refractivity contribution in [2.45, 2.75) is 6.92 Å². The van der Waals surface area contributed by atoms with Crippen LogP contribution < -0.4 is 9.84 Å². The number of carboxylic acids is 1. The largest absolute Gasteiger partial charge is 0.545 e. The number of carbonyl (C=O) groups is 1. The number of aromatic carboxylic acids is 1. The van der Waals surface area contributed by atoms with E-state index in [1.165, 1.54) is 13.2 Å². The fourth-order valence-electron chi connectivity index (χ4n) is 0.844. The molecule has 0 aliphatic heterocycles. The van der Waals surface area contributed by atoms with Gasteiger partial charge in [-0.05, 0) is 19.1 Å². The first kappa shape index (κ1) is 8.52. The van der Waals surface area contributed by atoms with E-state index in [2.05, 4.69) is 4.98 Å². The van der Waals surface area contributed by atoms with Crippen molar-refractivity contribution in [1.29, 1.82) is 0 Å². The number of nitrogens with zero attached hydrogens (tertiary/aromatic N) is 1. The van der Waals surface area contributed by atoms with Gasteiger partial charge in [-0.1, -0.05) is 0 Å². The van der Waals surface area contributed by atoms with E-state index < -0.39 is 5.97 Å². The topological polar surface area (TPSA) is 62.2 Å². The highest BCUT2D eigenvalue weighted by Gasteiger charge is 2.04. The first-order valence-electron chi connectivity index (χ1n) is 3.38. The Kier molecular flexibility index (Phi) is 2.28. The van der Waals surface area contributed by atoms with Crippen LogP contribution in [0.4, 0.5) is 0 Å². The van der Waals surface area contributed by atoms with Gasteiger partial charge in [0.2, 0.25) is 5.88 Å². The van der Waals surface area contributed by atoms with Crippen LogP contribution in [0.5, 0.6) is 5.88 Å². The maximum atomic E-state index is 10.5. The maximum absolute atomic E-state index is 10.5. The summed E-state index contributed by atoms with van der Waals surface area (Å²) in [5, 5.41) is 10.5. The third-order valence-electron chi connectivity index (χ3n) is 1.41. The maximum Gasteiger partial charge on any atom is 0.222 e. The van der Waals surface area contributed by atoms with Crippen molar-refractivity contribution in [2.24, 2.45) is 0 Å². The molecule has 0 saturated heterocycles. The second-order valence-corrected chi connectivity index (χ2v) is 2.30. The normalized spacial score (nSPS) is 9.50. The molecule has 1 aromatic rings. The summed E-state index contributed by atoms with van der Waals surface area (Å²) >= 11 is 0. The molecule has 1 heterocycles. The van der Waals surface area contributed by atoms with E-state index in [-0.39, 0.29) is 11.4 Å². The number of carboxylic acid groups (broad SMARTS) is 1. The van der Waals surface area contributed by atoms with Gasteiger partial charge in [-0.3, -0.25) is 0 Å². The van der Waals surface area contributed by atoms with Gasteiger partial charge in [0.25, 0.3) is 0 Å². The smallest absolute Gasteiger partial charge is 0.222 e. The molecule has 4 nitrogen and oxygen atoms in total. The van der Waals surface area contributed by atoms with Gasteiger partial charge in [0, 0.05) is 5.69 Å². The molecule has 0 unspecified atom stereocenters. The minimum atomic E-state index is -1.28. The molecule has 0 fully saturated rings. The van der Waals surface area contributed by atoms with Crippen molar-refractivity contribution in [2.75, 3.05) is 7.11 Å². The number of carbonyl (C=O) groups excluding carboxylic acids is 1. The van der Waals surface area contributed by atoms with Crippen molar-refractivity contribution in [3.8, 4) is 5.88 Å². The monoisotopic (exact) mass is 166 g/mol. The van der Waals surface area contributed by atoms with Crippen LogP contribution in [0.3, 0.4) is 0 Å². The molecule has 0 spiro atoms. The molecule has 4 heteroatoms. The molecule has 64 valence electrons. The zero-order valence-electron chi connectivity index (χ0n) is 6.83. The highest BCUT2D eigenvalue weighted by molar-refractivity contribution is 5.88. The van der Waals surface area contributed by atoms with Gasteiger partial charge < -0.3 is 14.6 Å². The van der Waals surface area contributed by atoms with Crippen LogP contribution in [0, 0.1) is 6.92 Å². The Morgan fingerprint density at radius 3 is 2.75 bits per heavy atom. The molecular formula is C8H8NO3-. The van der Waals surface area contributed by atoms with E-state index in [1.54, 1.807) is 13.0 Å². The number of methoxy groups -OCH3 is 1. The van der Waals surface area contributed by atoms with Crippen molar-refractivity contribution >= 4 is 5.97 Å². The summed E-state index contributed by atoms with van der Waals surface area (Å²) in [7, 11) is 1.37. The average molecular weight is 166 g/mol. The Hall–Kier alpha value is -1.58. The Morgan fingerprint density at radius 2 is 2.25 bits per heavy atom. The van der Waals surface area contributed by atoms with Crippen LogP contribution in [0.25, 0.3) is 0 Å². The van der Waals surface area contributed by atoms with E-state index in [4.69, 9.17) is 4.74 Å². The van der Waals surface area contributed by atoms with Crippen LogP contribution in [0.15, 0.2) is 12.1 Å². The zero-order valence-corrected chi connectivity index (χ0v) is 6.83. The van der Waals surface area contributed by atoms with Crippen molar-refractivity contribution in [3.63, 3.8) is 0 Å². The van der Waals surface area contributed by atoms with Crippen LogP contribution in [-0.2, 0) is 0 Å². The lowest BCUT2D eigenvalue weighted by Gasteiger charge is -2.07. The second-order valence-electron chi connectivity index (χ2n) is 2.30. The fraction of sp³-hybridized carbons (Fsp3) is 0.250. The summed E-state index contributed by atoms with van der Waals surface area (Å²) in [6.45, 7) is 1.75. The third-order valence-corrected chi connectivity index (χ3v) is 1.41. The molecule has 0 aliphatic rings. The van der Waals surface area contributed by atoms with E-state index in [1.807, 2.05) is 0 Å². The van der Waals surface area contributed by atoms with Crippen molar-refractivity contribution in [3.05, 3.63) is 23.4 Å². The van der Waals surface area contributed by atoms with Gasteiger partial charge in [-0.15, -0.1) is 0 Å². The molecule has 0 aromatic carbocycles. The summed E-state index contributed by atoms with van der Waals surface area (Å²) in [5.41, 5.74) is 0.681. The van der Waals surface area contributed by atoms with Crippen LogP contribution >= 0.6 is 0 Å². The lowest BCUT2D eigenvalue weighted by molar-refractivity contribution is -0.255. The minimum Gasteiger partial charge on any atom is -0.545 e. The van der Waals surface area contributed by atoms with Gasteiger partial charge in [0.1, 0.15) is 0 Å². The van der Waals surface area contributed by atoms with E-state index in [9.17, 15) is 9.90 Å². The quantitative estimate of drug-likeness (QED) is 0.608. The van der Waals surface area contributed by atoms with E-state index >= 15 is 0 Å². The number of ether oxygens (including phenoxy) is 1. The van der Waals surface area contributed by atoms with Crippen LogP contribution in [0.1, 0.15) is 16.1 Å². The molecule has 0 radical (unpaired) electrons. The molecule has 1 rings (SSSR count). The Bertz CT molecular complexity index is 309. The van der Waals surface area contributed by atoms with Gasteiger partial charge in [-0.2, -0.15) is 0 Å². The number of rotatable bonds is 2. The number of pyridine rings is 1. The second kappa shape index (κ2) is 3.21. The Balaban J connectivity index is 3.20. The highest BCUT2D eigenvalue weighted by atomic mass is 16.5. The lowest BCUT2D eigenvalue weighted by Crippen LogP contribution is -2.23. The molecule has 0 saturated carbocycles. The number of aromatic nitrogens is 1. The predicted molar refractivity (Wildman–Crippen MR) is 39.9 cm³/mol. The molecule has 12 heavy (non-hydrogen) atoms. The Morgan fingerprint density at radius 1 is 1.58 bits per heavy atom. The summed E-state index contributed by atoms with van der Waals surface area (Å²) in [4.78, 5) is 14.3. The summed E-state index contributed by atoms with van der Waals surface area (Å²) < 4.78 is 4.76. The van der Waals surface area contributed by atoms with Crippen molar-refractivity contribution in [1.82, 2.24) is 4.98 Å². The van der Waals surface area contributed by atoms with E-state index in [0.29, 0.717) is 5.69 Å². The molecule has 0 amide bonds. The molecule has 0 aliphatic carbocycles. The molecule has 0 N–H and O–H groups in total. The lowest BCUT2D eigenvalue weighted by atomic mass is 10.2. The third kappa shape index (κ3) is 1.53. The molecule has 1 aromatic heterocycles. The highest BCUT2D eigenvalue weighted by Crippen LogP contribution is 2.13. The van der Waals surface area contributed by atoms with E-state index in [0.717, 1.165) is 0 Å². The SMILES string of the molecule is COc1nc(C)ccc1C(=O)[O-]. The Labute approximate surface area is 69.8 Å². The number of hydrogen-bond acceptors (Lipinski definition) is 4. The number of aryl methyl sites for hydroxylation is 1. The van der Waals surface area contributed by atoms with Gasteiger partial charge in [0.15, 0.2) is 0 Å². The standard InChI is InChI=1S/C8H9NO3/c1-5-3-4-6(8(10)11)7(9-5)12-2/h3-4H,1-2H3,(H,10,11)/p-1. The van der Waals surface area contributed by atoms with Gasteiger partial charge in [-0.25, -0.2) is 4.98 Å². The minimum absolute atomic E-state index is 0.0249. The zero-order chi connectivity index (χ0) is 9.14. The van der Waals surface area contributed by atoms with Crippen LogP contribution in [-0.4, -0.2) is 18.1 Å². The van der Waals surface area contributed by atoms with Gasteiger partial charge in [0.05, 0.1) is 18.6 Å². The molecular weight excluding hydrogens is 158 g/mol. The fourth-order valence-corrected chi connectivity index (χ4v) is 0.844. The van der Waals surface area contributed by atoms with Gasteiger partial charge >= 0.3 is 0 Å². The average Bonchev–Trinajstić information content (AvgIpc) is 2.03. The first-order valence-corrected chi connectivity index (χ1v) is 3.38. The summed E-state index contributed by atoms with van der Waals surface area (Å²) in [6, 6.07) is 3.00. The van der Waals surface area contributed by atoms with Crippen molar-refractivity contribution < 1.29 is 14.6 Å². The summed E-state index contributed by atoms with van der Waals surface area (Å²) in [6.07, 6.45) is 0. The summed E-state index contributed by atoms with van der Waals surface area (Å²) in [5.74, 6) is -1.19. The number of hydrogen-bond donors (Lipinski definition) is 0. The molecule has 0 atom stereocenters. The predicted octanol–water partition coefficient (Wildman–Crippen LogP) is -0.238.